The van der Waals surface area contributed by atoms with Crippen molar-refractivity contribution in [2.45, 2.75) is 0 Å². The molecule has 0 saturated carbocycles. The summed E-state index contributed by atoms with van der Waals surface area (Å²) in [5.41, 5.74) is 6.44. The zero-order valence-corrected chi connectivity index (χ0v) is 26.0. The molecular formula is C42H31N2O3+. The van der Waals surface area contributed by atoms with Gasteiger partial charge in [-0.15, -0.1) is 0 Å². The Morgan fingerprint density at radius 3 is 1.87 bits per heavy atom. The van der Waals surface area contributed by atoms with Gasteiger partial charge < -0.3 is 14.4 Å². The Kier molecular flexibility index (Phi) is 6.80. The first kappa shape index (κ1) is 28.3. The minimum Gasteiger partial charge on any atom is -0.478 e. The molecule has 1 N–H and O–H groups in total. The Balaban J connectivity index is 1.43. The molecule has 0 bridgehead atoms. The molecule has 8 rings (SSSR count). The van der Waals surface area contributed by atoms with Gasteiger partial charge in [-0.3, -0.25) is 0 Å². The molecule has 1 heterocycles. The lowest BCUT2D eigenvalue weighted by atomic mass is 9.91. The summed E-state index contributed by atoms with van der Waals surface area (Å²) in [6, 6.07) is 48.8. The maximum Gasteiger partial charge on any atom is 0.336 e. The van der Waals surface area contributed by atoms with Gasteiger partial charge in [0, 0.05) is 69.8 Å². The van der Waals surface area contributed by atoms with E-state index in [1.165, 1.54) is 0 Å². The summed E-state index contributed by atoms with van der Waals surface area (Å²) in [5.74, 6) is -0.966. The van der Waals surface area contributed by atoms with Gasteiger partial charge in [0.2, 0.25) is 11.0 Å². The van der Waals surface area contributed by atoms with E-state index in [2.05, 4.69) is 108 Å². The topological polar surface area (TPSA) is 56.7 Å². The van der Waals surface area contributed by atoms with Gasteiger partial charge in [0.15, 0.2) is 0 Å². The molecule has 5 nitrogen and oxygen atoms in total. The van der Waals surface area contributed by atoms with Crippen LogP contribution in [-0.4, -0.2) is 25.2 Å². The third-order valence-electron chi connectivity index (χ3n) is 9.14. The summed E-state index contributed by atoms with van der Waals surface area (Å²) in [6.45, 7) is 0. The second-order valence-corrected chi connectivity index (χ2v) is 11.8. The fourth-order valence-electron chi connectivity index (χ4n) is 6.63. The Hall–Kier alpha value is -6.20. The molecule has 0 aliphatic carbocycles. The lowest BCUT2D eigenvalue weighted by Gasteiger charge is -2.20. The van der Waals surface area contributed by atoms with Gasteiger partial charge in [-0.25, -0.2) is 4.79 Å². The fourth-order valence-corrected chi connectivity index (χ4v) is 6.63. The number of aromatic carboxylic acids is 1. The van der Waals surface area contributed by atoms with Crippen LogP contribution in [0.25, 0.3) is 54.6 Å². The Labute approximate surface area is 271 Å². The highest BCUT2D eigenvalue weighted by Gasteiger charge is 2.21. The van der Waals surface area contributed by atoms with Gasteiger partial charge in [0.25, 0.3) is 0 Å². The minimum absolute atomic E-state index is 0.251. The van der Waals surface area contributed by atoms with Crippen molar-refractivity contribution >= 4 is 66.5 Å². The molecule has 0 saturated heterocycles. The highest BCUT2D eigenvalue weighted by Crippen LogP contribution is 2.43. The van der Waals surface area contributed by atoms with Gasteiger partial charge in [-0.1, -0.05) is 66.7 Å². The number of benzene rings is 7. The van der Waals surface area contributed by atoms with Crippen LogP contribution in [-0.2, 0) is 0 Å². The Bertz CT molecular complexity index is 2570. The molecule has 8 aromatic rings. The van der Waals surface area contributed by atoms with Crippen molar-refractivity contribution in [1.82, 2.24) is 4.58 Å². The fraction of sp³-hybridized carbons (Fsp3) is 0.0476. The predicted molar refractivity (Wildman–Crippen MR) is 193 cm³/mol. The van der Waals surface area contributed by atoms with E-state index in [1.807, 2.05) is 48.5 Å². The van der Waals surface area contributed by atoms with E-state index >= 15 is 0 Å². The highest BCUT2D eigenvalue weighted by atomic mass is 16.4. The first-order chi connectivity index (χ1) is 23.0. The molecule has 0 atom stereocenters. The quantitative estimate of drug-likeness (QED) is 0.120. The third-order valence-corrected chi connectivity index (χ3v) is 9.14. The molecule has 1 aromatic heterocycles. The van der Waals surface area contributed by atoms with Crippen molar-refractivity contribution in [1.29, 1.82) is 0 Å². The van der Waals surface area contributed by atoms with E-state index in [9.17, 15) is 9.90 Å². The molecule has 0 fully saturated rings. The smallest absolute Gasteiger partial charge is 0.336 e. The molecule has 0 aliphatic rings. The molecular weight excluding hydrogens is 580 g/mol. The van der Waals surface area contributed by atoms with Gasteiger partial charge in [0.1, 0.15) is 18.2 Å². The number of anilines is 2. The first-order valence-electron chi connectivity index (χ1n) is 15.6. The van der Waals surface area contributed by atoms with Crippen molar-refractivity contribution in [2.24, 2.45) is 0 Å². The number of carbonyl (C=O) groups is 1. The van der Waals surface area contributed by atoms with Crippen LogP contribution >= 0.6 is 0 Å². The molecule has 0 radical (unpaired) electrons. The van der Waals surface area contributed by atoms with Crippen LogP contribution in [0.4, 0.5) is 17.1 Å². The summed E-state index contributed by atoms with van der Waals surface area (Å²) in [5, 5.41) is 17.0. The Morgan fingerprint density at radius 2 is 1.19 bits per heavy atom. The van der Waals surface area contributed by atoms with Gasteiger partial charge in [0.05, 0.1) is 5.56 Å². The van der Waals surface area contributed by atoms with Crippen LogP contribution in [0.2, 0.25) is 0 Å². The number of rotatable bonds is 5. The zero-order valence-electron chi connectivity index (χ0n) is 26.0. The van der Waals surface area contributed by atoms with E-state index in [-0.39, 0.29) is 5.56 Å². The van der Waals surface area contributed by atoms with Crippen LogP contribution in [0, 0.1) is 0 Å². The number of fused-ring (bicyclic) bond motifs is 6. The molecule has 47 heavy (non-hydrogen) atoms. The van der Waals surface area contributed by atoms with E-state index < -0.39 is 5.97 Å². The van der Waals surface area contributed by atoms with E-state index in [4.69, 9.17) is 4.42 Å². The average molecular weight is 612 g/mol. The molecule has 226 valence electrons. The summed E-state index contributed by atoms with van der Waals surface area (Å²) < 4.78 is 9.09. The number of hydrogen-bond donors (Lipinski definition) is 1. The van der Waals surface area contributed by atoms with Crippen molar-refractivity contribution in [2.75, 3.05) is 19.0 Å². The molecule has 0 unspecified atom stereocenters. The summed E-state index contributed by atoms with van der Waals surface area (Å²) >= 11 is 0. The highest BCUT2D eigenvalue weighted by molar-refractivity contribution is 6.21. The first-order valence-corrected chi connectivity index (χ1v) is 15.6. The Morgan fingerprint density at radius 1 is 0.617 bits per heavy atom. The van der Waals surface area contributed by atoms with Gasteiger partial charge in [-0.05, 0) is 70.9 Å². The maximum atomic E-state index is 12.5. The SMILES string of the molecule is CN(c1ccccc1)c1ccc2c(ccc3c(-c4ccccc4C(=O)O)c4ccc5cc(=[N+](C)c6ccccc6)ccc5c4oc32)c1. The van der Waals surface area contributed by atoms with E-state index in [0.717, 1.165) is 71.5 Å². The third kappa shape index (κ3) is 4.80. The standard InChI is InChI=1S/C42H30N2O3/c1-43(29-11-5-3-6-12-29)31-19-23-33-27(25-31)17-21-37-39(35-15-9-10-16-36(35)42(45)46)38-22-18-28-26-32(44(2)30-13-7-4-8-14-30)20-24-34(28)41(38)47-40(33)37/h3-26H,1-2H3/p+1. The molecule has 0 aliphatic heterocycles. The predicted octanol–water partition coefficient (Wildman–Crippen LogP) is 9.76. The number of para-hydroxylation sites is 2. The van der Waals surface area contributed by atoms with Crippen molar-refractivity contribution < 1.29 is 14.3 Å². The number of nitrogens with zero attached hydrogens (tertiary/aromatic N) is 2. The van der Waals surface area contributed by atoms with Crippen LogP contribution in [0.5, 0.6) is 0 Å². The lowest BCUT2D eigenvalue weighted by Crippen LogP contribution is -2.20. The monoisotopic (exact) mass is 611 g/mol. The van der Waals surface area contributed by atoms with Gasteiger partial charge in [-0.2, -0.15) is 4.58 Å². The average Bonchev–Trinajstić information content (AvgIpc) is 3.13. The van der Waals surface area contributed by atoms with Crippen molar-refractivity contribution in [3.63, 3.8) is 0 Å². The maximum absolute atomic E-state index is 12.5. The zero-order chi connectivity index (χ0) is 32.1. The van der Waals surface area contributed by atoms with E-state index in [0.29, 0.717) is 5.56 Å². The minimum atomic E-state index is -0.966. The van der Waals surface area contributed by atoms with Crippen LogP contribution in [0.3, 0.4) is 0 Å². The molecule has 0 amide bonds. The largest absolute Gasteiger partial charge is 0.478 e. The van der Waals surface area contributed by atoms with Crippen LogP contribution in [0.1, 0.15) is 10.4 Å². The van der Waals surface area contributed by atoms with Crippen molar-refractivity contribution in [3.05, 3.63) is 157 Å². The number of carboxylic acid groups (broad SMARTS) is 1. The number of carboxylic acids is 1. The van der Waals surface area contributed by atoms with Crippen LogP contribution in [0.15, 0.2) is 150 Å². The summed E-state index contributed by atoms with van der Waals surface area (Å²) in [6.07, 6.45) is 0. The van der Waals surface area contributed by atoms with Crippen molar-refractivity contribution in [3.8, 4) is 11.1 Å². The summed E-state index contributed by atoms with van der Waals surface area (Å²) in [4.78, 5) is 14.7. The molecule has 7 aromatic carbocycles. The lowest BCUT2D eigenvalue weighted by molar-refractivity contribution is 0.0697. The normalized spacial score (nSPS) is 12.1. The molecule has 5 heteroatoms. The number of hydrogen-bond acceptors (Lipinski definition) is 3. The van der Waals surface area contributed by atoms with Crippen LogP contribution < -0.4 is 14.8 Å². The molecule has 0 spiro atoms. The second kappa shape index (κ2) is 11.3. The second-order valence-electron chi connectivity index (χ2n) is 11.8. The summed E-state index contributed by atoms with van der Waals surface area (Å²) in [7, 11) is 4.12. The van der Waals surface area contributed by atoms with E-state index in [1.54, 1.807) is 12.1 Å². The van der Waals surface area contributed by atoms with Gasteiger partial charge >= 0.3 is 5.97 Å².